The molecule has 1 aromatic rings. The first-order chi connectivity index (χ1) is 13.4. The van der Waals surface area contributed by atoms with E-state index < -0.39 is 11.7 Å². The summed E-state index contributed by atoms with van der Waals surface area (Å²) in [6, 6.07) is 5.65. The van der Waals surface area contributed by atoms with Gasteiger partial charge in [-0.15, -0.1) is 24.0 Å². The summed E-state index contributed by atoms with van der Waals surface area (Å²) in [5.74, 6) is 0.986. The SMILES string of the molecule is CCOCCNC(=NC)NCC1CCCN(C)C1c1ccc(C(F)(F)F)cc1.I. The number of guanidine groups is 1. The lowest BCUT2D eigenvalue weighted by molar-refractivity contribution is -0.137. The maximum Gasteiger partial charge on any atom is 0.416 e. The molecule has 0 aliphatic carbocycles. The van der Waals surface area contributed by atoms with Gasteiger partial charge in [0.2, 0.25) is 0 Å². The molecule has 29 heavy (non-hydrogen) atoms. The minimum Gasteiger partial charge on any atom is -0.380 e. The Morgan fingerprint density at radius 2 is 1.93 bits per heavy atom. The number of alkyl halides is 3. The molecular weight excluding hydrogens is 496 g/mol. The molecule has 1 aromatic carbocycles. The van der Waals surface area contributed by atoms with E-state index in [9.17, 15) is 13.2 Å². The first kappa shape index (κ1) is 26.0. The third-order valence-corrected chi connectivity index (χ3v) is 5.08. The minimum atomic E-state index is -4.31. The third kappa shape index (κ3) is 7.93. The fourth-order valence-corrected chi connectivity index (χ4v) is 3.70. The Kier molecular flexibility index (Phi) is 11.3. The van der Waals surface area contributed by atoms with E-state index in [1.54, 1.807) is 19.2 Å². The Morgan fingerprint density at radius 3 is 2.52 bits per heavy atom. The Hall–Kier alpha value is -1.07. The van der Waals surface area contributed by atoms with Crippen molar-refractivity contribution in [2.24, 2.45) is 10.9 Å². The lowest BCUT2D eigenvalue weighted by Gasteiger charge is -2.40. The van der Waals surface area contributed by atoms with Gasteiger partial charge in [-0.25, -0.2) is 0 Å². The number of likely N-dealkylation sites (tertiary alicyclic amines) is 1. The summed E-state index contributed by atoms with van der Waals surface area (Å²) in [4.78, 5) is 6.45. The van der Waals surface area contributed by atoms with E-state index in [0.29, 0.717) is 32.3 Å². The molecule has 1 aliphatic rings. The van der Waals surface area contributed by atoms with Crippen LogP contribution in [0.25, 0.3) is 0 Å². The van der Waals surface area contributed by atoms with Gasteiger partial charge in [0.05, 0.1) is 12.2 Å². The molecule has 166 valence electrons. The van der Waals surface area contributed by atoms with Crippen LogP contribution in [0.3, 0.4) is 0 Å². The number of piperidine rings is 1. The van der Waals surface area contributed by atoms with Gasteiger partial charge in [-0.3, -0.25) is 9.89 Å². The number of benzene rings is 1. The third-order valence-electron chi connectivity index (χ3n) is 5.08. The molecule has 0 aromatic heterocycles. The molecule has 5 nitrogen and oxygen atoms in total. The zero-order chi connectivity index (χ0) is 20.6. The molecule has 2 atom stereocenters. The predicted octanol–water partition coefficient (Wildman–Crippen LogP) is 3.91. The lowest BCUT2D eigenvalue weighted by atomic mass is 9.84. The average molecular weight is 528 g/mol. The summed E-state index contributed by atoms with van der Waals surface area (Å²) in [7, 11) is 3.75. The van der Waals surface area contributed by atoms with E-state index in [1.807, 2.05) is 14.0 Å². The van der Waals surface area contributed by atoms with Crippen LogP contribution in [0.4, 0.5) is 13.2 Å². The Morgan fingerprint density at radius 1 is 1.24 bits per heavy atom. The molecule has 0 saturated carbocycles. The maximum absolute atomic E-state index is 12.9. The first-order valence-corrected chi connectivity index (χ1v) is 9.76. The number of ether oxygens (including phenoxy) is 1. The molecule has 0 bridgehead atoms. The zero-order valence-corrected chi connectivity index (χ0v) is 19.6. The van der Waals surface area contributed by atoms with Gasteiger partial charge >= 0.3 is 6.18 Å². The van der Waals surface area contributed by atoms with Gasteiger partial charge in [0.25, 0.3) is 0 Å². The van der Waals surface area contributed by atoms with Crippen LogP contribution in [0.1, 0.15) is 36.9 Å². The highest BCUT2D eigenvalue weighted by atomic mass is 127. The predicted molar refractivity (Wildman–Crippen MR) is 121 cm³/mol. The second-order valence-corrected chi connectivity index (χ2v) is 7.02. The topological polar surface area (TPSA) is 48.9 Å². The molecule has 0 radical (unpaired) electrons. The Balaban J connectivity index is 0.00000420. The monoisotopic (exact) mass is 528 g/mol. The Bertz CT molecular complexity index is 625. The Labute approximate surface area is 188 Å². The van der Waals surface area contributed by atoms with Crippen LogP contribution in [0.15, 0.2) is 29.3 Å². The van der Waals surface area contributed by atoms with E-state index in [0.717, 1.165) is 24.9 Å². The second kappa shape index (κ2) is 12.6. The number of hydrogen-bond donors (Lipinski definition) is 2. The molecule has 1 aliphatic heterocycles. The van der Waals surface area contributed by atoms with Gasteiger partial charge in [0.15, 0.2) is 5.96 Å². The van der Waals surface area contributed by atoms with Crippen molar-refractivity contribution in [1.82, 2.24) is 15.5 Å². The summed E-state index contributed by atoms with van der Waals surface area (Å²) >= 11 is 0. The van der Waals surface area contributed by atoms with Crippen LogP contribution < -0.4 is 10.6 Å². The maximum atomic E-state index is 12.9. The molecule has 2 N–H and O–H groups in total. The van der Waals surface area contributed by atoms with Gasteiger partial charge in [-0.05, 0) is 57.0 Å². The van der Waals surface area contributed by atoms with Gasteiger partial charge in [-0.1, -0.05) is 12.1 Å². The average Bonchev–Trinajstić information content (AvgIpc) is 2.67. The van der Waals surface area contributed by atoms with Crippen LogP contribution in [0.2, 0.25) is 0 Å². The molecule has 9 heteroatoms. The van der Waals surface area contributed by atoms with E-state index >= 15 is 0 Å². The summed E-state index contributed by atoms with van der Waals surface area (Å²) in [6.07, 6.45) is -2.23. The quantitative estimate of drug-likeness (QED) is 0.244. The summed E-state index contributed by atoms with van der Waals surface area (Å²) in [5, 5.41) is 6.56. The number of aliphatic imine (C=N–C) groups is 1. The van der Waals surface area contributed by atoms with Crippen molar-refractivity contribution >= 4 is 29.9 Å². The highest BCUT2D eigenvalue weighted by Gasteiger charge is 2.33. The smallest absolute Gasteiger partial charge is 0.380 e. The largest absolute Gasteiger partial charge is 0.416 e. The summed E-state index contributed by atoms with van der Waals surface area (Å²) in [6.45, 7) is 5.54. The first-order valence-electron chi connectivity index (χ1n) is 9.76. The van der Waals surface area contributed by atoms with E-state index in [-0.39, 0.29) is 35.9 Å². The number of hydrogen-bond acceptors (Lipinski definition) is 3. The number of halogens is 4. The highest BCUT2D eigenvalue weighted by molar-refractivity contribution is 14.0. The van der Waals surface area contributed by atoms with E-state index in [2.05, 4.69) is 20.5 Å². The number of nitrogens with one attached hydrogen (secondary N) is 2. The molecule has 1 saturated heterocycles. The summed E-state index contributed by atoms with van der Waals surface area (Å²) < 4.78 is 43.9. The standard InChI is InChI=1S/C20H31F3N4O.HI/c1-4-28-13-11-25-19(24-2)26-14-16-6-5-12-27(3)18(16)15-7-9-17(10-8-15)20(21,22)23;/h7-10,16,18H,4-6,11-14H2,1-3H3,(H2,24,25,26);1H. The fraction of sp³-hybridized carbons (Fsp3) is 0.650. The molecule has 2 unspecified atom stereocenters. The van der Waals surface area contributed by atoms with Crippen LogP contribution in [-0.2, 0) is 10.9 Å². The van der Waals surface area contributed by atoms with Crippen molar-refractivity contribution in [2.75, 3.05) is 46.9 Å². The van der Waals surface area contributed by atoms with Crippen LogP contribution in [0.5, 0.6) is 0 Å². The van der Waals surface area contributed by atoms with Crippen molar-refractivity contribution in [3.63, 3.8) is 0 Å². The summed E-state index contributed by atoms with van der Waals surface area (Å²) in [5.41, 5.74) is 0.310. The van der Waals surface area contributed by atoms with Gasteiger partial charge in [0, 0.05) is 32.8 Å². The molecule has 1 fully saturated rings. The second-order valence-electron chi connectivity index (χ2n) is 7.02. The molecule has 1 heterocycles. The molecule has 0 spiro atoms. The van der Waals surface area contributed by atoms with E-state index in [1.165, 1.54) is 12.1 Å². The molecule has 0 amide bonds. The molecular formula is C20H32F3IN4O. The zero-order valence-electron chi connectivity index (χ0n) is 17.3. The van der Waals surface area contributed by atoms with Gasteiger partial charge in [-0.2, -0.15) is 13.2 Å². The van der Waals surface area contributed by atoms with Crippen molar-refractivity contribution in [3.8, 4) is 0 Å². The van der Waals surface area contributed by atoms with Gasteiger partial charge in [0.1, 0.15) is 0 Å². The van der Waals surface area contributed by atoms with Crippen LogP contribution >= 0.6 is 24.0 Å². The lowest BCUT2D eigenvalue weighted by Crippen LogP contribution is -2.45. The van der Waals surface area contributed by atoms with Crippen molar-refractivity contribution in [3.05, 3.63) is 35.4 Å². The van der Waals surface area contributed by atoms with E-state index in [4.69, 9.17) is 4.74 Å². The highest BCUT2D eigenvalue weighted by Crippen LogP contribution is 2.36. The van der Waals surface area contributed by atoms with Gasteiger partial charge < -0.3 is 15.4 Å². The minimum absolute atomic E-state index is 0. The fourth-order valence-electron chi connectivity index (χ4n) is 3.70. The van der Waals surface area contributed by atoms with Crippen molar-refractivity contribution < 1.29 is 17.9 Å². The number of rotatable bonds is 7. The normalized spacial score (nSPS) is 20.8. The molecule has 2 rings (SSSR count). The van der Waals surface area contributed by atoms with Crippen molar-refractivity contribution in [1.29, 1.82) is 0 Å². The van der Waals surface area contributed by atoms with Crippen LogP contribution in [-0.4, -0.2) is 57.8 Å². The number of nitrogens with zero attached hydrogens (tertiary/aromatic N) is 2. The van der Waals surface area contributed by atoms with Crippen LogP contribution in [0, 0.1) is 5.92 Å². The van der Waals surface area contributed by atoms with Crippen molar-refractivity contribution in [2.45, 2.75) is 32.0 Å².